The van der Waals surface area contributed by atoms with E-state index in [2.05, 4.69) is 18.1 Å². The summed E-state index contributed by atoms with van der Waals surface area (Å²) < 4.78 is 0. The topological polar surface area (TPSA) is 32.6 Å². The third-order valence-corrected chi connectivity index (χ3v) is 1.77. The monoisotopic (exact) mass is 163 g/mol. The fourth-order valence-electron chi connectivity index (χ4n) is 1.22. The van der Waals surface area contributed by atoms with Crippen molar-refractivity contribution in [3.8, 4) is 0 Å². The van der Waals surface area contributed by atoms with E-state index in [1.54, 1.807) is 0 Å². The van der Waals surface area contributed by atoms with Crippen molar-refractivity contribution in [3.05, 3.63) is 35.4 Å². The van der Waals surface area contributed by atoms with E-state index in [9.17, 15) is 0 Å². The van der Waals surface area contributed by atoms with Crippen LogP contribution in [-0.2, 0) is 6.42 Å². The van der Waals surface area contributed by atoms with Gasteiger partial charge in [-0.2, -0.15) is 0 Å². The van der Waals surface area contributed by atoms with Gasteiger partial charge in [0, 0.05) is 0 Å². The minimum absolute atomic E-state index is 1.00. The fourth-order valence-corrected chi connectivity index (χ4v) is 1.22. The quantitative estimate of drug-likeness (QED) is 0.414. The van der Waals surface area contributed by atoms with Crippen LogP contribution < -0.4 is 0 Å². The van der Waals surface area contributed by atoms with E-state index in [1.165, 1.54) is 11.8 Å². The van der Waals surface area contributed by atoms with Gasteiger partial charge in [-0.25, -0.2) is 0 Å². The highest BCUT2D eigenvalue weighted by molar-refractivity contribution is 5.81. The van der Waals surface area contributed by atoms with E-state index < -0.39 is 0 Å². The molecule has 2 nitrogen and oxygen atoms in total. The normalized spacial score (nSPS) is 10.8. The molecule has 0 aromatic heterocycles. The van der Waals surface area contributed by atoms with Crippen molar-refractivity contribution in [1.82, 2.24) is 0 Å². The molecule has 2 heteroatoms. The van der Waals surface area contributed by atoms with E-state index in [4.69, 9.17) is 5.21 Å². The largest absolute Gasteiger partial charge is 0.411 e. The van der Waals surface area contributed by atoms with Crippen LogP contribution in [0.25, 0.3) is 0 Å². The first-order chi connectivity index (χ1) is 5.88. The van der Waals surface area contributed by atoms with Crippen LogP contribution in [0.5, 0.6) is 0 Å². The molecule has 1 aromatic carbocycles. The van der Waals surface area contributed by atoms with Gasteiger partial charge < -0.3 is 5.21 Å². The van der Waals surface area contributed by atoms with Gasteiger partial charge in [-0.15, -0.1) is 0 Å². The van der Waals surface area contributed by atoms with Gasteiger partial charge in [0.15, 0.2) is 0 Å². The maximum absolute atomic E-state index is 8.38. The number of aryl methyl sites for hydroxylation is 1. The molecule has 0 unspecified atom stereocenters. The molecule has 64 valence electrons. The smallest absolute Gasteiger partial charge is 0.0736 e. The third-order valence-electron chi connectivity index (χ3n) is 1.77. The average molecular weight is 163 g/mol. The molecule has 0 saturated heterocycles. The first kappa shape index (κ1) is 8.78. The summed E-state index contributed by atoms with van der Waals surface area (Å²) in [6.07, 6.45) is 3.61. The lowest BCUT2D eigenvalue weighted by Crippen LogP contribution is -1.91. The zero-order valence-electron chi connectivity index (χ0n) is 7.20. The first-order valence-electron chi connectivity index (χ1n) is 4.13. The van der Waals surface area contributed by atoms with Crippen LogP contribution in [0.4, 0.5) is 0 Å². The zero-order valence-corrected chi connectivity index (χ0v) is 7.20. The van der Waals surface area contributed by atoms with E-state index in [-0.39, 0.29) is 0 Å². The van der Waals surface area contributed by atoms with Crippen molar-refractivity contribution in [1.29, 1.82) is 0 Å². The Morgan fingerprint density at radius 1 is 1.42 bits per heavy atom. The summed E-state index contributed by atoms with van der Waals surface area (Å²) in [7, 11) is 0. The Kier molecular flexibility index (Phi) is 3.33. The van der Waals surface area contributed by atoms with Gasteiger partial charge in [0.1, 0.15) is 0 Å². The summed E-state index contributed by atoms with van der Waals surface area (Å²) in [5.74, 6) is 0. The zero-order chi connectivity index (χ0) is 8.81. The van der Waals surface area contributed by atoms with Gasteiger partial charge >= 0.3 is 0 Å². The Morgan fingerprint density at radius 3 is 2.83 bits per heavy atom. The summed E-state index contributed by atoms with van der Waals surface area (Å²) in [6, 6.07) is 7.95. The lowest BCUT2D eigenvalue weighted by Gasteiger charge is -2.01. The molecule has 0 amide bonds. The highest BCUT2D eigenvalue weighted by Gasteiger charge is 1.96. The molecule has 1 aromatic rings. The Balaban J connectivity index is 2.91. The van der Waals surface area contributed by atoms with Crippen LogP contribution in [0.2, 0.25) is 0 Å². The molecule has 0 aliphatic rings. The summed E-state index contributed by atoms with van der Waals surface area (Å²) in [4.78, 5) is 0. The van der Waals surface area contributed by atoms with Gasteiger partial charge in [0.25, 0.3) is 0 Å². The molecule has 0 aliphatic carbocycles. The number of hydrogen-bond donors (Lipinski definition) is 1. The van der Waals surface area contributed by atoms with Crippen LogP contribution in [0, 0.1) is 0 Å². The molecule has 0 atom stereocenters. The van der Waals surface area contributed by atoms with Crippen LogP contribution in [0.15, 0.2) is 29.4 Å². The predicted octanol–water partition coefficient (Wildman–Crippen LogP) is 2.45. The number of nitrogens with zero attached hydrogens (tertiary/aromatic N) is 1. The van der Waals surface area contributed by atoms with Gasteiger partial charge in [-0.05, 0) is 17.5 Å². The average Bonchev–Trinajstić information content (AvgIpc) is 2.09. The van der Waals surface area contributed by atoms with Crippen molar-refractivity contribution in [3.63, 3.8) is 0 Å². The molecule has 0 bridgehead atoms. The molecule has 0 radical (unpaired) electrons. The number of hydrogen-bond acceptors (Lipinski definition) is 2. The second kappa shape index (κ2) is 4.54. The van der Waals surface area contributed by atoms with Crippen molar-refractivity contribution < 1.29 is 5.21 Å². The molecule has 1 rings (SSSR count). The molecule has 1 N–H and O–H groups in total. The molecule has 0 fully saturated rings. The van der Waals surface area contributed by atoms with Gasteiger partial charge in [-0.3, -0.25) is 0 Å². The second-order valence-electron chi connectivity index (χ2n) is 2.69. The van der Waals surface area contributed by atoms with Crippen molar-refractivity contribution >= 4 is 6.21 Å². The van der Waals surface area contributed by atoms with Gasteiger partial charge in [0.05, 0.1) is 6.21 Å². The Hall–Kier alpha value is -1.31. The molecule has 0 saturated carbocycles. The maximum Gasteiger partial charge on any atom is 0.0736 e. The minimum atomic E-state index is 1.00. The van der Waals surface area contributed by atoms with Crippen molar-refractivity contribution in [2.45, 2.75) is 19.8 Å². The summed E-state index contributed by atoms with van der Waals surface area (Å²) in [6.45, 7) is 2.13. The van der Waals surface area contributed by atoms with E-state index >= 15 is 0 Å². The minimum Gasteiger partial charge on any atom is -0.411 e. The molecular formula is C10H13NO. The first-order valence-corrected chi connectivity index (χ1v) is 4.13. The summed E-state index contributed by atoms with van der Waals surface area (Å²) >= 11 is 0. The van der Waals surface area contributed by atoms with Crippen molar-refractivity contribution in [2.24, 2.45) is 5.16 Å². The number of rotatable bonds is 3. The SMILES string of the molecule is CCCc1ccccc1/C=N/O. The Bertz CT molecular complexity index is 268. The van der Waals surface area contributed by atoms with E-state index in [0.29, 0.717) is 0 Å². The van der Waals surface area contributed by atoms with Gasteiger partial charge in [0.2, 0.25) is 0 Å². The number of oxime groups is 1. The van der Waals surface area contributed by atoms with Crippen LogP contribution in [-0.4, -0.2) is 11.4 Å². The summed E-state index contributed by atoms with van der Waals surface area (Å²) in [5.41, 5.74) is 2.24. The molecule has 12 heavy (non-hydrogen) atoms. The highest BCUT2D eigenvalue weighted by atomic mass is 16.4. The third kappa shape index (κ3) is 2.09. The van der Waals surface area contributed by atoms with Crippen LogP contribution in [0.3, 0.4) is 0 Å². The maximum atomic E-state index is 8.38. The molecule has 0 spiro atoms. The highest BCUT2D eigenvalue weighted by Crippen LogP contribution is 2.08. The lowest BCUT2D eigenvalue weighted by atomic mass is 10.0. The van der Waals surface area contributed by atoms with Crippen LogP contribution in [0.1, 0.15) is 24.5 Å². The predicted molar refractivity (Wildman–Crippen MR) is 49.8 cm³/mol. The van der Waals surface area contributed by atoms with Crippen molar-refractivity contribution in [2.75, 3.05) is 0 Å². The molecule has 0 heterocycles. The summed E-state index contributed by atoms with van der Waals surface area (Å²) in [5, 5.41) is 11.4. The Morgan fingerprint density at radius 2 is 2.17 bits per heavy atom. The molecular weight excluding hydrogens is 150 g/mol. The number of benzene rings is 1. The fraction of sp³-hybridized carbons (Fsp3) is 0.300. The lowest BCUT2D eigenvalue weighted by molar-refractivity contribution is 0.322. The van der Waals surface area contributed by atoms with Gasteiger partial charge in [-0.1, -0.05) is 42.8 Å². The van der Waals surface area contributed by atoms with Crippen LogP contribution >= 0.6 is 0 Å². The van der Waals surface area contributed by atoms with E-state index in [1.807, 2.05) is 18.2 Å². The van der Waals surface area contributed by atoms with E-state index in [0.717, 1.165) is 18.4 Å². The standard InChI is InChI=1S/C10H13NO/c1-2-5-9-6-3-4-7-10(9)8-11-12/h3-4,6-8,12H,2,5H2,1H3/b11-8+. The Labute approximate surface area is 72.5 Å². The molecule has 0 aliphatic heterocycles. The second-order valence-corrected chi connectivity index (χ2v) is 2.69.